The molecule has 0 radical (unpaired) electrons. The van der Waals surface area contributed by atoms with Gasteiger partial charge < -0.3 is 24.6 Å². The van der Waals surface area contributed by atoms with Gasteiger partial charge in [0.15, 0.2) is 5.57 Å². The van der Waals surface area contributed by atoms with Gasteiger partial charge in [-0.1, -0.05) is 0 Å². The van der Waals surface area contributed by atoms with Crippen LogP contribution in [0.3, 0.4) is 0 Å². The van der Waals surface area contributed by atoms with Crippen LogP contribution in [0, 0.1) is 5.82 Å². The molecule has 0 bridgehead atoms. The van der Waals surface area contributed by atoms with E-state index < -0.39 is 23.5 Å². The van der Waals surface area contributed by atoms with Crippen molar-refractivity contribution in [3.05, 3.63) is 34.2 Å². The van der Waals surface area contributed by atoms with Crippen LogP contribution >= 0.6 is 15.9 Å². The standard InChI is InChI=1S/C19H21BrFN3O5/c1-11(25)23-4-6-24(7-5-23)16-8-13(20)15(9-14(16)21)22-10-12-17(26)28-19(2,3)29-18(12)27/h8-10,22H,4-7H2,1-3H3. The van der Waals surface area contributed by atoms with E-state index in [0.717, 1.165) is 6.20 Å². The van der Waals surface area contributed by atoms with Crippen molar-refractivity contribution >= 4 is 45.2 Å². The second-order valence-corrected chi connectivity index (χ2v) is 8.01. The lowest BCUT2D eigenvalue weighted by Crippen LogP contribution is -2.48. The molecule has 1 N–H and O–H groups in total. The van der Waals surface area contributed by atoms with Crippen LogP contribution in [0.2, 0.25) is 0 Å². The average Bonchev–Trinajstić information content (AvgIpc) is 2.62. The van der Waals surface area contributed by atoms with Crippen molar-refractivity contribution in [1.82, 2.24) is 4.90 Å². The third-order valence-corrected chi connectivity index (χ3v) is 5.25. The van der Waals surface area contributed by atoms with Gasteiger partial charge in [-0.3, -0.25) is 4.79 Å². The van der Waals surface area contributed by atoms with Crippen molar-refractivity contribution in [3.8, 4) is 0 Å². The number of ether oxygens (including phenoxy) is 2. The number of carbonyl (C=O) groups is 3. The largest absolute Gasteiger partial charge is 0.419 e. The molecular weight excluding hydrogens is 449 g/mol. The summed E-state index contributed by atoms with van der Waals surface area (Å²) in [7, 11) is 0. The minimum absolute atomic E-state index is 0.00189. The SMILES string of the molecule is CC(=O)N1CCN(c2cc(Br)c(NC=C3C(=O)OC(C)(C)OC3=O)cc2F)CC1. The highest BCUT2D eigenvalue weighted by molar-refractivity contribution is 9.10. The molecule has 2 heterocycles. The Morgan fingerprint density at radius 2 is 1.76 bits per heavy atom. The molecule has 0 unspecified atom stereocenters. The maximum Gasteiger partial charge on any atom is 0.350 e. The number of rotatable bonds is 3. The van der Waals surface area contributed by atoms with Crippen molar-refractivity contribution in [2.24, 2.45) is 0 Å². The molecule has 29 heavy (non-hydrogen) atoms. The normalized spacial score (nSPS) is 18.9. The Bertz CT molecular complexity index is 872. The number of piperazine rings is 1. The third-order valence-electron chi connectivity index (χ3n) is 4.59. The van der Waals surface area contributed by atoms with Gasteiger partial charge in [0.05, 0.1) is 11.4 Å². The predicted octanol–water partition coefficient (Wildman–Crippen LogP) is 2.39. The van der Waals surface area contributed by atoms with E-state index in [4.69, 9.17) is 9.47 Å². The topological polar surface area (TPSA) is 88.2 Å². The molecule has 1 amide bonds. The van der Waals surface area contributed by atoms with E-state index >= 15 is 0 Å². The first-order chi connectivity index (χ1) is 13.6. The van der Waals surface area contributed by atoms with Crippen LogP contribution in [-0.2, 0) is 23.9 Å². The van der Waals surface area contributed by atoms with Crippen molar-refractivity contribution in [2.45, 2.75) is 26.6 Å². The summed E-state index contributed by atoms with van der Waals surface area (Å²) in [4.78, 5) is 39.0. The fourth-order valence-electron chi connectivity index (χ4n) is 3.08. The molecule has 0 atom stereocenters. The molecule has 0 spiro atoms. The van der Waals surface area contributed by atoms with Crippen LogP contribution in [0.4, 0.5) is 15.8 Å². The number of anilines is 2. The molecule has 2 saturated heterocycles. The van der Waals surface area contributed by atoms with Gasteiger partial charge in [-0.2, -0.15) is 0 Å². The van der Waals surface area contributed by atoms with E-state index in [9.17, 15) is 18.8 Å². The lowest BCUT2D eigenvalue weighted by atomic mass is 10.2. The Labute approximate surface area is 175 Å². The fourth-order valence-corrected chi connectivity index (χ4v) is 3.53. The zero-order valence-corrected chi connectivity index (χ0v) is 17.8. The van der Waals surface area contributed by atoms with E-state index in [1.165, 1.54) is 26.8 Å². The zero-order valence-electron chi connectivity index (χ0n) is 16.3. The van der Waals surface area contributed by atoms with Crippen LogP contribution in [0.15, 0.2) is 28.4 Å². The maximum absolute atomic E-state index is 14.7. The van der Waals surface area contributed by atoms with Crippen LogP contribution in [-0.4, -0.2) is 54.7 Å². The second-order valence-electron chi connectivity index (χ2n) is 7.16. The van der Waals surface area contributed by atoms with Gasteiger partial charge in [0, 0.05) is 63.7 Å². The maximum atomic E-state index is 14.7. The van der Waals surface area contributed by atoms with Gasteiger partial charge in [-0.15, -0.1) is 0 Å². The molecule has 0 aromatic heterocycles. The first-order valence-corrected chi connectivity index (χ1v) is 9.79. The van der Waals surface area contributed by atoms with Gasteiger partial charge in [-0.05, 0) is 22.0 Å². The zero-order chi connectivity index (χ0) is 21.3. The molecular formula is C19H21BrFN3O5. The number of hydrogen-bond donors (Lipinski definition) is 1. The highest BCUT2D eigenvalue weighted by Crippen LogP contribution is 2.32. The van der Waals surface area contributed by atoms with Crippen LogP contribution in [0.25, 0.3) is 0 Å². The number of carbonyl (C=O) groups excluding carboxylic acids is 3. The smallest absolute Gasteiger partial charge is 0.350 e. The van der Waals surface area contributed by atoms with Crippen molar-refractivity contribution < 1.29 is 28.2 Å². The van der Waals surface area contributed by atoms with Crippen LogP contribution in [0.1, 0.15) is 20.8 Å². The molecule has 2 fully saturated rings. The van der Waals surface area contributed by atoms with E-state index in [-0.39, 0.29) is 11.5 Å². The Balaban J connectivity index is 1.74. The Hall–Kier alpha value is -2.62. The lowest BCUT2D eigenvalue weighted by Gasteiger charge is -2.36. The summed E-state index contributed by atoms with van der Waals surface area (Å²) in [5.74, 6) is -3.44. The van der Waals surface area contributed by atoms with Crippen molar-refractivity contribution in [3.63, 3.8) is 0 Å². The fraction of sp³-hybridized carbons (Fsp3) is 0.421. The van der Waals surface area contributed by atoms with E-state index in [1.807, 2.05) is 4.90 Å². The molecule has 8 nitrogen and oxygen atoms in total. The molecule has 156 valence electrons. The Morgan fingerprint density at radius 1 is 1.17 bits per heavy atom. The number of nitrogens with zero attached hydrogens (tertiary/aromatic N) is 2. The Kier molecular flexibility index (Phi) is 5.83. The summed E-state index contributed by atoms with van der Waals surface area (Å²) < 4.78 is 25.3. The minimum Gasteiger partial charge on any atom is -0.419 e. The number of benzene rings is 1. The molecule has 1 aromatic carbocycles. The lowest BCUT2D eigenvalue weighted by molar-refractivity contribution is -0.222. The molecule has 0 aliphatic carbocycles. The van der Waals surface area contributed by atoms with E-state index in [1.54, 1.807) is 11.0 Å². The van der Waals surface area contributed by atoms with Gasteiger partial charge >= 0.3 is 11.9 Å². The summed E-state index contributed by atoms with van der Waals surface area (Å²) in [5, 5.41) is 2.74. The number of cyclic esters (lactones) is 2. The van der Waals surface area contributed by atoms with E-state index in [2.05, 4.69) is 21.2 Å². The van der Waals surface area contributed by atoms with Gasteiger partial charge in [0.1, 0.15) is 5.82 Å². The summed E-state index contributed by atoms with van der Waals surface area (Å²) in [6.45, 7) is 6.51. The number of nitrogens with one attached hydrogen (secondary N) is 1. The first-order valence-electron chi connectivity index (χ1n) is 9.00. The quantitative estimate of drug-likeness (QED) is 0.413. The number of hydrogen-bond acceptors (Lipinski definition) is 7. The predicted molar refractivity (Wildman–Crippen MR) is 107 cm³/mol. The summed E-state index contributed by atoms with van der Waals surface area (Å²) >= 11 is 3.37. The second kappa shape index (κ2) is 8.02. The molecule has 2 aliphatic rings. The molecule has 2 aliphatic heterocycles. The average molecular weight is 470 g/mol. The first kappa shape index (κ1) is 21.1. The summed E-state index contributed by atoms with van der Waals surface area (Å²) in [5.41, 5.74) is 0.407. The Morgan fingerprint density at radius 3 is 2.31 bits per heavy atom. The third kappa shape index (κ3) is 4.69. The molecule has 3 rings (SSSR count). The molecule has 0 saturated carbocycles. The molecule has 1 aromatic rings. The highest BCUT2D eigenvalue weighted by Gasteiger charge is 2.39. The number of amides is 1. The van der Waals surface area contributed by atoms with Crippen LogP contribution in [0.5, 0.6) is 0 Å². The number of esters is 2. The van der Waals surface area contributed by atoms with Gasteiger partial charge in [-0.25, -0.2) is 14.0 Å². The van der Waals surface area contributed by atoms with Gasteiger partial charge in [0.2, 0.25) is 5.91 Å². The van der Waals surface area contributed by atoms with Crippen molar-refractivity contribution in [2.75, 3.05) is 36.4 Å². The van der Waals surface area contributed by atoms with E-state index in [0.29, 0.717) is 42.0 Å². The monoisotopic (exact) mass is 469 g/mol. The highest BCUT2D eigenvalue weighted by atomic mass is 79.9. The van der Waals surface area contributed by atoms with Crippen LogP contribution < -0.4 is 10.2 Å². The summed E-state index contributed by atoms with van der Waals surface area (Å²) in [6, 6.07) is 2.87. The van der Waals surface area contributed by atoms with Gasteiger partial charge in [0.25, 0.3) is 5.79 Å². The number of halogens is 2. The van der Waals surface area contributed by atoms with Crippen molar-refractivity contribution in [1.29, 1.82) is 0 Å². The molecule has 10 heteroatoms. The summed E-state index contributed by atoms with van der Waals surface area (Å²) in [6.07, 6.45) is 1.13. The minimum atomic E-state index is -1.33.